The van der Waals surface area contributed by atoms with E-state index < -0.39 is 5.66 Å². The summed E-state index contributed by atoms with van der Waals surface area (Å²) in [5.41, 5.74) is 1.70. The first kappa shape index (κ1) is 18.7. The van der Waals surface area contributed by atoms with Crippen LogP contribution in [0.25, 0.3) is 0 Å². The third kappa shape index (κ3) is 3.20. The molecule has 1 aromatic heterocycles. The summed E-state index contributed by atoms with van der Waals surface area (Å²) in [5.74, 6) is -0.177. The van der Waals surface area contributed by atoms with Gasteiger partial charge in [-0.1, -0.05) is 12.1 Å². The van der Waals surface area contributed by atoms with E-state index in [0.717, 1.165) is 6.42 Å². The van der Waals surface area contributed by atoms with Gasteiger partial charge in [-0.3, -0.25) is 19.3 Å². The molecule has 1 aromatic carbocycles. The summed E-state index contributed by atoms with van der Waals surface area (Å²) in [6, 6.07) is 9.26. The Morgan fingerprint density at radius 2 is 2.07 bits per heavy atom. The lowest BCUT2D eigenvalue weighted by Crippen LogP contribution is -2.62. The van der Waals surface area contributed by atoms with E-state index in [-0.39, 0.29) is 30.7 Å². The number of thiophene rings is 1. The molecule has 4 rings (SSSR count). The van der Waals surface area contributed by atoms with E-state index in [1.54, 1.807) is 33.3 Å². The number of rotatable bonds is 6. The minimum atomic E-state index is -0.709. The third-order valence-electron chi connectivity index (χ3n) is 5.62. The highest BCUT2D eigenvalue weighted by Gasteiger charge is 2.52. The number of carbonyl (C=O) groups is 3. The highest BCUT2D eigenvalue weighted by molar-refractivity contribution is 7.07. The molecule has 7 heteroatoms. The summed E-state index contributed by atoms with van der Waals surface area (Å²) < 4.78 is 0. The molecular formula is C21H23N3O3S. The molecule has 0 aliphatic carbocycles. The number of amides is 3. The number of anilines is 1. The van der Waals surface area contributed by atoms with Crippen molar-refractivity contribution in [2.75, 3.05) is 18.0 Å². The molecule has 3 heterocycles. The Morgan fingerprint density at radius 3 is 2.86 bits per heavy atom. The number of para-hydroxylation sites is 1. The van der Waals surface area contributed by atoms with E-state index in [1.807, 2.05) is 30.5 Å². The molecule has 2 aromatic rings. The predicted molar refractivity (Wildman–Crippen MR) is 108 cm³/mol. The number of nitrogens with zero attached hydrogens (tertiary/aromatic N) is 2. The fourth-order valence-corrected chi connectivity index (χ4v) is 4.83. The van der Waals surface area contributed by atoms with Gasteiger partial charge in [-0.25, -0.2) is 0 Å². The van der Waals surface area contributed by atoms with Crippen LogP contribution >= 0.6 is 11.3 Å². The van der Waals surface area contributed by atoms with Crippen LogP contribution in [-0.2, 0) is 16.0 Å². The third-order valence-corrected chi connectivity index (χ3v) is 6.36. The van der Waals surface area contributed by atoms with Crippen LogP contribution in [0.2, 0.25) is 0 Å². The molecule has 0 bridgehead atoms. The van der Waals surface area contributed by atoms with Gasteiger partial charge in [0.2, 0.25) is 11.8 Å². The van der Waals surface area contributed by atoms with Gasteiger partial charge in [-0.15, -0.1) is 0 Å². The summed E-state index contributed by atoms with van der Waals surface area (Å²) in [5, 5.41) is 7.01. The minimum Gasteiger partial charge on any atom is -0.356 e. The second-order valence-corrected chi connectivity index (χ2v) is 8.18. The van der Waals surface area contributed by atoms with Crippen molar-refractivity contribution < 1.29 is 14.4 Å². The molecule has 1 atom stereocenters. The van der Waals surface area contributed by atoms with Gasteiger partial charge < -0.3 is 10.2 Å². The van der Waals surface area contributed by atoms with E-state index in [2.05, 4.69) is 10.7 Å². The maximum absolute atomic E-state index is 13.1. The maximum atomic E-state index is 13.1. The van der Waals surface area contributed by atoms with Gasteiger partial charge >= 0.3 is 0 Å². The topological polar surface area (TPSA) is 69.7 Å². The first-order valence-electron chi connectivity index (χ1n) is 9.52. The number of nitrogens with one attached hydrogen (secondary N) is 1. The van der Waals surface area contributed by atoms with Crippen molar-refractivity contribution in [1.82, 2.24) is 10.2 Å². The van der Waals surface area contributed by atoms with Crippen molar-refractivity contribution in [2.45, 2.75) is 38.3 Å². The molecule has 1 saturated heterocycles. The zero-order valence-electron chi connectivity index (χ0n) is 15.8. The minimum absolute atomic E-state index is 0.0210. The van der Waals surface area contributed by atoms with Crippen LogP contribution in [0, 0.1) is 0 Å². The van der Waals surface area contributed by atoms with Crippen LogP contribution in [-0.4, -0.2) is 41.4 Å². The van der Waals surface area contributed by atoms with Crippen molar-refractivity contribution in [1.29, 1.82) is 0 Å². The fraction of sp³-hybridized carbons (Fsp3) is 0.381. The Morgan fingerprint density at radius 1 is 1.25 bits per heavy atom. The molecule has 1 N–H and O–H groups in total. The standard InChI is InChI=1S/C21H23N3O3S/c1-21-10-6-19(26)24(21)17-5-3-2-4-16(17)20(27)23(21)12-8-18(25)22-11-7-15-9-13-28-14-15/h2-5,9,13-14H,6-8,10-12H2,1H3,(H,22,25). The molecule has 146 valence electrons. The molecule has 6 nitrogen and oxygen atoms in total. The lowest BCUT2D eigenvalue weighted by Gasteiger charge is -2.48. The molecule has 1 unspecified atom stereocenters. The van der Waals surface area contributed by atoms with E-state index in [4.69, 9.17) is 0 Å². The monoisotopic (exact) mass is 397 g/mol. The Kier molecular flexibility index (Phi) is 4.93. The first-order chi connectivity index (χ1) is 13.5. The van der Waals surface area contributed by atoms with E-state index >= 15 is 0 Å². The highest BCUT2D eigenvalue weighted by atomic mass is 32.1. The van der Waals surface area contributed by atoms with E-state index in [0.29, 0.717) is 30.6 Å². The molecule has 0 spiro atoms. The summed E-state index contributed by atoms with van der Waals surface area (Å²) in [6.45, 7) is 2.78. The molecule has 0 radical (unpaired) electrons. The van der Waals surface area contributed by atoms with Gasteiger partial charge in [0, 0.05) is 25.9 Å². The van der Waals surface area contributed by atoms with Crippen molar-refractivity contribution in [3.63, 3.8) is 0 Å². The van der Waals surface area contributed by atoms with Gasteiger partial charge in [-0.05, 0) is 54.3 Å². The zero-order valence-corrected chi connectivity index (χ0v) is 16.6. The molecular weight excluding hydrogens is 374 g/mol. The lowest BCUT2D eigenvalue weighted by molar-refractivity contribution is -0.121. The summed E-state index contributed by atoms with van der Waals surface area (Å²) >= 11 is 1.64. The van der Waals surface area contributed by atoms with Gasteiger partial charge in [-0.2, -0.15) is 11.3 Å². The van der Waals surface area contributed by atoms with Crippen LogP contribution in [0.3, 0.4) is 0 Å². The Hall–Kier alpha value is -2.67. The largest absolute Gasteiger partial charge is 0.356 e. The van der Waals surface area contributed by atoms with Crippen LogP contribution in [0.1, 0.15) is 42.1 Å². The second-order valence-electron chi connectivity index (χ2n) is 7.40. The average Bonchev–Trinajstić information content (AvgIpc) is 3.30. The number of carbonyl (C=O) groups excluding carboxylic acids is 3. The Labute approximate surface area is 168 Å². The van der Waals surface area contributed by atoms with Gasteiger partial charge in [0.1, 0.15) is 5.66 Å². The van der Waals surface area contributed by atoms with Gasteiger partial charge in [0.25, 0.3) is 5.91 Å². The Bertz CT molecular complexity index is 911. The van der Waals surface area contributed by atoms with Crippen molar-refractivity contribution >= 4 is 34.7 Å². The normalized spacial score (nSPS) is 20.9. The van der Waals surface area contributed by atoms with Gasteiger partial charge in [0.05, 0.1) is 11.3 Å². The quantitative estimate of drug-likeness (QED) is 0.815. The highest BCUT2D eigenvalue weighted by Crippen LogP contribution is 2.43. The average molecular weight is 398 g/mol. The summed E-state index contributed by atoms with van der Waals surface area (Å²) in [6.07, 6.45) is 1.99. The molecule has 2 aliphatic rings. The summed E-state index contributed by atoms with van der Waals surface area (Å²) in [4.78, 5) is 41.4. The van der Waals surface area contributed by atoms with Crippen LogP contribution in [0.4, 0.5) is 5.69 Å². The first-order valence-corrected chi connectivity index (χ1v) is 10.5. The van der Waals surface area contributed by atoms with Crippen LogP contribution < -0.4 is 10.2 Å². The summed E-state index contributed by atoms with van der Waals surface area (Å²) in [7, 11) is 0. The molecule has 2 aliphatic heterocycles. The second kappa shape index (κ2) is 7.39. The number of fused-ring (bicyclic) bond motifs is 3. The Balaban J connectivity index is 1.44. The predicted octanol–water partition coefficient (Wildman–Crippen LogP) is 2.80. The van der Waals surface area contributed by atoms with Crippen LogP contribution in [0.15, 0.2) is 41.1 Å². The van der Waals surface area contributed by atoms with Gasteiger partial charge in [0.15, 0.2) is 0 Å². The number of hydrogen-bond acceptors (Lipinski definition) is 4. The molecule has 0 saturated carbocycles. The number of hydrogen-bond donors (Lipinski definition) is 1. The fourth-order valence-electron chi connectivity index (χ4n) is 4.12. The maximum Gasteiger partial charge on any atom is 0.257 e. The SMILES string of the molecule is CC12CCC(=O)N1c1ccccc1C(=O)N2CCC(=O)NCCc1ccsc1. The number of benzene rings is 1. The molecule has 28 heavy (non-hydrogen) atoms. The van der Waals surface area contributed by atoms with Crippen molar-refractivity contribution in [3.05, 3.63) is 52.2 Å². The van der Waals surface area contributed by atoms with Crippen molar-refractivity contribution in [3.8, 4) is 0 Å². The lowest BCUT2D eigenvalue weighted by atomic mass is 9.98. The molecule has 3 amide bonds. The van der Waals surface area contributed by atoms with E-state index in [9.17, 15) is 14.4 Å². The zero-order chi connectivity index (χ0) is 19.7. The molecule has 1 fully saturated rings. The smallest absolute Gasteiger partial charge is 0.257 e. The van der Waals surface area contributed by atoms with Crippen LogP contribution in [0.5, 0.6) is 0 Å². The van der Waals surface area contributed by atoms with E-state index in [1.165, 1.54) is 5.56 Å². The van der Waals surface area contributed by atoms with Crippen molar-refractivity contribution in [2.24, 2.45) is 0 Å².